The molecule has 1 aliphatic carbocycles. The number of benzene rings is 2. The van der Waals surface area contributed by atoms with Crippen molar-refractivity contribution in [2.45, 2.75) is 38.3 Å². The number of amides is 1. The van der Waals surface area contributed by atoms with Crippen molar-refractivity contribution in [3.8, 4) is 11.1 Å². The molecule has 1 amide bonds. The molecule has 3 rings (SSSR count). The molecule has 25 heavy (non-hydrogen) atoms. The lowest BCUT2D eigenvalue weighted by atomic mass is 9.85. The van der Waals surface area contributed by atoms with E-state index in [0.29, 0.717) is 11.6 Å². The molecule has 0 bridgehead atoms. The van der Waals surface area contributed by atoms with Crippen molar-refractivity contribution >= 4 is 5.91 Å². The highest BCUT2D eigenvalue weighted by atomic mass is 19.1. The van der Waals surface area contributed by atoms with Gasteiger partial charge in [-0.1, -0.05) is 36.4 Å². The van der Waals surface area contributed by atoms with Gasteiger partial charge in [0.2, 0.25) is 5.91 Å². The number of hydrogen-bond donors (Lipinski definition) is 2. The highest BCUT2D eigenvalue weighted by molar-refractivity contribution is 5.78. The van der Waals surface area contributed by atoms with Gasteiger partial charge < -0.3 is 10.6 Å². The van der Waals surface area contributed by atoms with Crippen LogP contribution in [0.3, 0.4) is 0 Å². The van der Waals surface area contributed by atoms with Crippen LogP contribution in [0.2, 0.25) is 0 Å². The van der Waals surface area contributed by atoms with E-state index in [1.165, 1.54) is 6.07 Å². The first-order chi connectivity index (χ1) is 12.2. The minimum absolute atomic E-state index is 0.0408. The Balaban J connectivity index is 1.62. The molecule has 1 aliphatic rings. The van der Waals surface area contributed by atoms with Crippen molar-refractivity contribution < 1.29 is 9.18 Å². The number of nitrogens with one attached hydrogen (secondary N) is 2. The molecule has 1 fully saturated rings. The Morgan fingerprint density at radius 1 is 1.04 bits per heavy atom. The lowest BCUT2D eigenvalue weighted by Gasteiger charge is -2.27. The Hall–Kier alpha value is -2.20. The minimum atomic E-state index is -0.279. The number of halogens is 1. The Kier molecular flexibility index (Phi) is 5.82. The van der Waals surface area contributed by atoms with Gasteiger partial charge in [0.25, 0.3) is 0 Å². The predicted molar refractivity (Wildman–Crippen MR) is 98.5 cm³/mol. The van der Waals surface area contributed by atoms with E-state index >= 15 is 0 Å². The second kappa shape index (κ2) is 8.26. The molecule has 3 nitrogen and oxygen atoms in total. The molecule has 4 heteroatoms. The van der Waals surface area contributed by atoms with Gasteiger partial charge >= 0.3 is 0 Å². The van der Waals surface area contributed by atoms with Crippen molar-refractivity contribution in [1.29, 1.82) is 0 Å². The molecule has 0 aromatic heterocycles. The molecule has 0 saturated heterocycles. The summed E-state index contributed by atoms with van der Waals surface area (Å²) in [7, 11) is 1.97. The fourth-order valence-electron chi connectivity index (χ4n) is 3.49. The SMILES string of the molecule is CNC1CCC(C(=O)NCc2cc(-c3ccccc3)ccc2F)CC1. The van der Waals surface area contributed by atoms with Crippen molar-refractivity contribution in [2.24, 2.45) is 5.92 Å². The summed E-state index contributed by atoms with van der Waals surface area (Å²) in [5.74, 6) is -0.192. The zero-order chi connectivity index (χ0) is 17.6. The average Bonchev–Trinajstić information content (AvgIpc) is 2.68. The van der Waals surface area contributed by atoms with Crippen molar-refractivity contribution in [3.63, 3.8) is 0 Å². The predicted octanol–water partition coefficient (Wildman–Crippen LogP) is 3.89. The molecular weight excluding hydrogens is 315 g/mol. The van der Waals surface area contributed by atoms with Gasteiger partial charge in [0.05, 0.1) is 0 Å². The van der Waals surface area contributed by atoms with E-state index in [9.17, 15) is 9.18 Å². The molecular formula is C21H25FN2O. The number of carbonyl (C=O) groups is 1. The molecule has 0 unspecified atom stereocenters. The lowest BCUT2D eigenvalue weighted by molar-refractivity contribution is -0.126. The second-order valence-corrected chi connectivity index (χ2v) is 6.73. The van der Waals surface area contributed by atoms with Crippen LogP contribution in [0.1, 0.15) is 31.2 Å². The average molecular weight is 340 g/mol. The van der Waals surface area contributed by atoms with Crippen LogP contribution in [0.25, 0.3) is 11.1 Å². The molecule has 0 aliphatic heterocycles. The zero-order valence-corrected chi connectivity index (χ0v) is 14.6. The van der Waals surface area contributed by atoms with Crippen molar-refractivity contribution in [1.82, 2.24) is 10.6 Å². The van der Waals surface area contributed by atoms with Gasteiger partial charge in [-0.3, -0.25) is 4.79 Å². The molecule has 0 radical (unpaired) electrons. The maximum atomic E-state index is 14.1. The zero-order valence-electron chi connectivity index (χ0n) is 14.6. The summed E-state index contributed by atoms with van der Waals surface area (Å²) in [6, 6.07) is 15.5. The van der Waals surface area contributed by atoms with E-state index in [2.05, 4.69) is 10.6 Å². The van der Waals surface area contributed by atoms with E-state index in [-0.39, 0.29) is 24.2 Å². The van der Waals surface area contributed by atoms with Crippen LogP contribution in [0.5, 0.6) is 0 Å². The van der Waals surface area contributed by atoms with Crippen LogP contribution < -0.4 is 10.6 Å². The fraction of sp³-hybridized carbons (Fsp3) is 0.381. The Morgan fingerprint density at radius 3 is 2.44 bits per heavy atom. The summed E-state index contributed by atoms with van der Waals surface area (Å²) in [6.45, 7) is 0.233. The molecule has 2 N–H and O–H groups in total. The van der Waals surface area contributed by atoms with E-state index in [1.54, 1.807) is 6.07 Å². The third-order valence-corrected chi connectivity index (χ3v) is 5.11. The lowest BCUT2D eigenvalue weighted by Crippen LogP contribution is -2.37. The van der Waals surface area contributed by atoms with Gasteiger partial charge in [0.1, 0.15) is 5.82 Å². The highest BCUT2D eigenvalue weighted by Crippen LogP contribution is 2.25. The summed E-state index contributed by atoms with van der Waals surface area (Å²) < 4.78 is 14.1. The maximum absolute atomic E-state index is 14.1. The van der Waals surface area contributed by atoms with Gasteiger partial charge in [-0.2, -0.15) is 0 Å². The van der Waals surface area contributed by atoms with Crippen LogP contribution in [-0.2, 0) is 11.3 Å². The van der Waals surface area contributed by atoms with Crippen LogP contribution in [0.15, 0.2) is 48.5 Å². The van der Waals surface area contributed by atoms with Gasteiger partial charge in [-0.05, 0) is 56.0 Å². The smallest absolute Gasteiger partial charge is 0.223 e. The van der Waals surface area contributed by atoms with Crippen LogP contribution in [0.4, 0.5) is 4.39 Å². The number of hydrogen-bond acceptors (Lipinski definition) is 2. The summed E-state index contributed by atoms with van der Waals surface area (Å²) in [5.41, 5.74) is 2.53. The van der Waals surface area contributed by atoms with E-state index in [1.807, 2.05) is 43.4 Å². The third-order valence-electron chi connectivity index (χ3n) is 5.11. The monoisotopic (exact) mass is 340 g/mol. The summed E-state index contributed by atoms with van der Waals surface area (Å²) >= 11 is 0. The van der Waals surface area contributed by atoms with E-state index in [4.69, 9.17) is 0 Å². The molecule has 132 valence electrons. The van der Waals surface area contributed by atoms with Crippen LogP contribution >= 0.6 is 0 Å². The van der Waals surface area contributed by atoms with Gasteiger partial charge in [-0.15, -0.1) is 0 Å². The van der Waals surface area contributed by atoms with Gasteiger partial charge in [-0.25, -0.2) is 4.39 Å². The molecule has 0 heterocycles. The number of carbonyl (C=O) groups excluding carboxylic acids is 1. The Labute approximate surface area is 148 Å². The third kappa shape index (κ3) is 4.45. The largest absolute Gasteiger partial charge is 0.352 e. The van der Waals surface area contributed by atoms with E-state index in [0.717, 1.165) is 36.8 Å². The standard InChI is InChI=1S/C21H25FN2O/c1-23-19-10-7-16(8-11-19)21(25)24-14-18-13-17(9-12-20(18)22)15-5-3-2-4-6-15/h2-6,9,12-13,16,19,23H,7-8,10-11,14H2,1H3,(H,24,25). The van der Waals surface area contributed by atoms with Gasteiger partial charge in [0, 0.05) is 24.1 Å². The molecule has 2 aromatic carbocycles. The first-order valence-corrected chi connectivity index (χ1v) is 8.96. The first-order valence-electron chi connectivity index (χ1n) is 8.96. The maximum Gasteiger partial charge on any atom is 0.223 e. The quantitative estimate of drug-likeness (QED) is 0.867. The van der Waals surface area contributed by atoms with Crippen LogP contribution in [0, 0.1) is 11.7 Å². The normalized spacial score (nSPS) is 20.2. The molecule has 0 spiro atoms. The Bertz CT molecular complexity index is 709. The van der Waals surface area contributed by atoms with Crippen molar-refractivity contribution in [3.05, 3.63) is 59.9 Å². The fourth-order valence-corrected chi connectivity index (χ4v) is 3.49. The number of rotatable bonds is 5. The topological polar surface area (TPSA) is 41.1 Å². The van der Waals surface area contributed by atoms with Crippen molar-refractivity contribution in [2.75, 3.05) is 7.05 Å². The van der Waals surface area contributed by atoms with Crippen LogP contribution in [-0.4, -0.2) is 19.0 Å². The minimum Gasteiger partial charge on any atom is -0.352 e. The van der Waals surface area contributed by atoms with Gasteiger partial charge in [0.15, 0.2) is 0 Å². The highest BCUT2D eigenvalue weighted by Gasteiger charge is 2.25. The first kappa shape index (κ1) is 17.6. The second-order valence-electron chi connectivity index (χ2n) is 6.73. The summed E-state index contributed by atoms with van der Waals surface area (Å²) in [5, 5.41) is 6.19. The summed E-state index contributed by atoms with van der Waals surface area (Å²) in [6.07, 6.45) is 3.83. The van der Waals surface area contributed by atoms with E-state index < -0.39 is 0 Å². The Morgan fingerprint density at radius 2 is 1.76 bits per heavy atom. The summed E-state index contributed by atoms with van der Waals surface area (Å²) in [4.78, 5) is 12.4. The molecule has 2 aromatic rings. The molecule has 1 saturated carbocycles. The molecule has 0 atom stereocenters.